The molecule has 0 saturated carbocycles. The van der Waals surface area contributed by atoms with E-state index in [1.54, 1.807) is 6.07 Å². The molecule has 0 fully saturated rings. The van der Waals surface area contributed by atoms with Gasteiger partial charge in [0.2, 0.25) is 0 Å². The van der Waals surface area contributed by atoms with E-state index in [0.717, 1.165) is 24.0 Å². The highest BCUT2D eigenvalue weighted by atomic mass is 19.1. The van der Waals surface area contributed by atoms with E-state index in [2.05, 4.69) is 13.8 Å². The predicted molar refractivity (Wildman–Crippen MR) is 55.6 cm³/mol. The third kappa shape index (κ3) is 1.34. The Hall–Kier alpha value is -0.890. The van der Waals surface area contributed by atoms with Crippen molar-refractivity contribution in [3.05, 3.63) is 35.1 Å². The third-order valence-electron chi connectivity index (χ3n) is 3.20. The number of nitrogens with two attached hydrogens (primary N) is 1. The number of hydrogen-bond acceptors (Lipinski definition) is 1. The second-order valence-electron chi connectivity index (χ2n) is 4.73. The van der Waals surface area contributed by atoms with Crippen LogP contribution < -0.4 is 5.73 Å². The van der Waals surface area contributed by atoms with Gasteiger partial charge in [-0.15, -0.1) is 0 Å². The van der Waals surface area contributed by atoms with Crippen molar-refractivity contribution < 1.29 is 4.39 Å². The molecular formula is C12H16FN. The summed E-state index contributed by atoms with van der Waals surface area (Å²) in [7, 11) is 0. The summed E-state index contributed by atoms with van der Waals surface area (Å²) in [6, 6.07) is 5.23. The van der Waals surface area contributed by atoms with Crippen LogP contribution in [0.15, 0.2) is 18.2 Å². The first-order chi connectivity index (χ1) is 6.52. The fourth-order valence-corrected chi connectivity index (χ4v) is 2.36. The average Bonchev–Trinajstić information content (AvgIpc) is 2.12. The molecule has 14 heavy (non-hydrogen) atoms. The van der Waals surface area contributed by atoms with Gasteiger partial charge >= 0.3 is 0 Å². The van der Waals surface area contributed by atoms with Gasteiger partial charge in [0, 0.05) is 6.04 Å². The van der Waals surface area contributed by atoms with Gasteiger partial charge in [-0.25, -0.2) is 4.39 Å². The van der Waals surface area contributed by atoms with E-state index in [0.29, 0.717) is 0 Å². The molecule has 0 aromatic heterocycles. The molecule has 0 bridgehead atoms. The van der Waals surface area contributed by atoms with Gasteiger partial charge in [-0.3, -0.25) is 0 Å². The van der Waals surface area contributed by atoms with Crippen molar-refractivity contribution in [2.24, 2.45) is 5.73 Å². The normalized spacial score (nSPS) is 24.4. The minimum atomic E-state index is -0.109. The quantitative estimate of drug-likeness (QED) is 0.673. The highest BCUT2D eigenvalue weighted by Crippen LogP contribution is 2.41. The molecule has 1 atom stereocenters. The maximum atomic E-state index is 13.7. The minimum Gasteiger partial charge on any atom is -0.324 e. The lowest BCUT2D eigenvalue weighted by Gasteiger charge is -2.35. The van der Waals surface area contributed by atoms with Crippen LogP contribution in [0, 0.1) is 5.82 Å². The Balaban J connectivity index is 2.64. The maximum Gasteiger partial charge on any atom is 0.127 e. The summed E-state index contributed by atoms with van der Waals surface area (Å²) in [6.07, 6.45) is 1.91. The van der Waals surface area contributed by atoms with Crippen molar-refractivity contribution in [3.8, 4) is 0 Å². The Bertz CT molecular complexity index is 357. The highest BCUT2D eigenvalue weighted by molar-refractivity contribution is 5.38. The van der Waals surface area contributed by atoms with Gasteiger partial charge < -0.3 is 5.73 Å². The Kier molecular flexibility index (Phi) is 2.11. The van der Waals surface area contributed by atoms with Crippen LogP contribution in [0.2, 0.25) is 0 Å². The lowest BCUT2D eigenvalue weighted by atomic mass is 9.71. The first-order valence-electron chi connectivity index (χ1n) is 5.07. The fraction of sp³-hybridized carbons (Fsp3) is 0.500. The van der Waals surface area contributed by atoms with E-state index >= 15 is 0 Å². The molecule has 1 aliphatic carbocycles. The summed E-state index contributed by atoms with van der Waals surface area (Å²) < 4.78 is 13.7. The fourth-order valence-electron chi connectivity index (χ4n) is 2.36. The molecule has 1 aliphatic rings. The summed E-state index contributed by atoms with van der Waals surface area (Å²) in [5.41, 5.74) is 7.70. The van der Waals surface area contributed by atoms with E-state index < -0.39 is 0 Å². The first kappa shape index (κ1) is 9.66. The van der Waals surface area contributed by atoms with Gasteiger partial charge in [-0.2, -0.15) is 0 Å². The monoisotopic (exact) mass is 193 g/mol. The second kappa shape index (κ2) is 3.06. The molecule has 2 heteroatoms. The van der Waals surface area contributed by atoms with Crippen LogP contribution in [0.1, 0.15) is 43.9 Å². The van der Waals surface area contributed by atoms with Gasteiger partial charge in [-0.05, 0) is 35.4 Å². The van der Waals surface area contributed by atoms with E-state index in [1.165, 1.54) is 6.07 Å². The third-order valence-corrected chi connectivity index (χ3v) is 3.20. The number of hydrogen-bond donors (Lipinski definition) is 1. The van der Waals surface area contributed by atoms with Crippen LogP contribution in [0.4, 0.5) is 4.39 Å². The lowest BCUT2D eigenvalue weighted by Crippen LogP contribution is -2.30. The molecule has 2 N–H and O–H groups in total. The summed E-state index contributed by atoms with van der Waals surface area (Å²) in [4.78, 5) is 0. The Morgan fingerprint density at radius 2 is 2.14 bits per heavy atom. The minimum absolute atomic E-state index is 0.00808. The van der Waals surface area contributed by atoms with E-state index in [-0.39, 0.29) is 17.3 Å². The van der Waals surface area contributed by atoms with Crippen LogP contribution >= 0.6 is 0 Å². The topological polar surface area (TPSA) is 26.0 Å². The zero-order valence-electron chi connectivity index (χ0n) is 8.68. The molecule has 0 amide bonds. The highest BCUT2D eigenvalue weighted by Gasteiger charge is 2.33. The predicted octanol–water partition coefficient (Wildman–Crippen LogP) is 2.90. The first-order valence-corrected chi connectivity index (χ1v) is 5.07. The van der Waals surface area contributed by atoms with Crippen LogP contribution in [0.25, 0.3) is 0 Å². The molecule has 1 unspecified atom stereocenters. The largest absolute Gasteiger partial charge is 0.324 e. The molecule has 0 saturated heterocycles. The number of halogens is 1. The average molecular weight is 193 g/mol. The standard InChI is InChI=1S/C12H16FN/c1-12(2)7-6-10(14)8-4-3-5-9(13)11(8)12/h3-5,10H,6-7,14H2,1-2H3. The molecule has 0 radical (unpaired) electrons. The molecule has 2 rings (SSSR count). The molecule has 0 aliphatic heterocycles. The summed E-state index contributed by atoms with van der Waals surface area (Å²) in [6.45, 7) is 4.17. The van der Waals surface area contributed by atoms with Crippen LogP contribution in [0.5, 0.6) is 0 Å². The summed E-state index contributed by atoms with van der Waals surface area (Å²) in [5.74, 6) is -0.109. The van der Waals surface area contributed by atoms with Crippen LogP contribution in [-0.4, -0.2) is 0 Å². The molecule has 0 heterocycles. The second-order valence-corrected chi connectivity index (χ2v) is 4.73. The van der Waals surface area contributed by atoms with Crippen molar-refractivity contribution in [1.82, 2.24) is 0 Å². The van der Waals surface area contributed by atoms with Crippen molar-refractivity contribution in [2.45, 2.75) is 38.1 Å². The van der Waals surface area contributed by atoms with E-state index in [1.807, 2.05) is 6.07 Å². The molecule has 1 aromatic rings. The maximum absolute atomic E-state index is 13.7. The molecule has 76 valence electrons. The number of rotatable bonds is 0. The Labute approximate surface area is 84.1 Å². The molecule has 1 aromatic carbocycles. The van der Waals surface area contributed by atoms with Crippen molar-refractivity contribution in [3.63, 3.8) is 0 Å². The molecule has 1 nitrogen and oxygen atoms in total. The van der Waals surface area contributed by atoms with Crippen molar-refractivity contribution >= 4 is 0 Å². The molecular weight excluding hydrogens is 177 g/mol. The van der Waals surface area contributed by atoms with Gasteiger partial charge in [0.05, 0.1) is 0 Å². The van der Waals surface area contributed by atoms with Crippen LogP contribution in [-0.2, 0) is 5.41 Å². The zero-order valence-corrected chi connectivity index (χ0v) is 8.68. The lowest BCUT2D eigenvalue weighted by molar-refractivity contribution is 0.377. The Morgan fingerprint density at radius 1 is 1.43 bits per heavy atom. The summed E-state index contributed by atoms with van der Waals surface area (Å²) in [5, 5.41) is 0. The Morgan fingerprint density at radius 3 is 2.79 bits per heavy atom. The SMILES string of the molecule is CC1(C)CCC(N)c2cccc(F)c21. The van der Waals surface area contributed by atoms with E-state index in [4.69, 9.17) is 5.73 Å². The van der Waals surface area contributed by atoms with Gasteiger partial charge in [0.1, 0.15) is 5.82 Å². The van der Waals surface area contributed by atoms with Gasteiger partial charge in [-0.1, -0.05) is 26.0 Å². The summed E-state index contributed by atoms with van der Waals surface area (Å²) >= 11 is 0. The number of fused-ring (bicyclic) bond motifs is 1. The van der Waals surface area contributed by atoms with Crippen molar-refractivity contribution in [1.29, 1.82) is 0 Å². The molecule has 0 spiro atoms. The number of benzene rings is 1. The smallest absolute Gasteiger partial charge is 0.127 e. The van der Waals surface area contributed by atoms with Crippen molar-refractivity contribution in [2.75, 3.05) is 0 Å². The van der Waals surface area contributed by atoms with Gasteiger partial charge in [0.15, 0.2) is 0 Å². The van der Waals surface area contributed by atoms with Crippen LogP contribution in [0.3, 0.4) is 0 Å². The zero-order chi connectivity index (χ0) is 10.3. The van der Waals surface area contributed by atoms with Gasteiger partial charge in [0.25, 0.3) is 0 Å². The van der Waals surface area contributed by atoms with E-state index in [9.17, 15) is 4.39 Å².